The van der Waals surface area contributed by atoms with E-state index in [-0.39, 0.29) is 32.9 Å². The number of nitrogens with zero attached hydrogens (tertiary/aromatic N) is 2. The minimum atomic E-state index is -3.58. The summed E-state index contributed by atoms with van der Waals surface area (Å²) >= 11 is 0. The number of carbonyl (C=O) groups excluding carboxylic acids is 1. The van der Waals surface area contributed by atoms with Crippen LogP contribution in [0.4, 0.5) is 20.2 Å². The van der Waals surface area contributed by atoms with Crippen LogP contribution in [0.25, 0.3) is 10.9 Å². The van der Waals surface area contributed by atoms with Crippen LogP contribution in [-0.2, 0) is 9.84 Å². The van der Waals surface area contributed by atoms with Crippen molar-refractivity contribution in [2.75, 3.05) is 11.6 Å². The molecule has 1 heterocycles. The van der Waals surface area contributed by atoms with Gasteiger partial charge in [-0.3, -0.25) is 4.79 Å². The number of nitrogens with two attached hydrogens (primary N) is 1. The van der Waals surface area contributed by atoms with Crippen LogP contribution in [0.5, 0.6) is 0 Å². The highest BCUT2D eigenvalue weighted by Crippen LogP contribution is 2.32. The van der Waals surface area contributed by atoms with E-state index in [0.717, 1.165) is 12.3 Å². The molecule has 0 aliphatic heterocycles. The van der Waals surface area contributed by atoms with Crippen molar-refractivity contribution in [3.63, 3.8) is 0 Å². The highest BCUT2D eigenvalue weighted by molar-refractivity contribution is 7.90. The van der Waals surface area contributed by atoms with Crippen molar-refractivity contribution in [1.82, 2.24) is 10.2 Å². The van der Waals surface area contributed by atoms with E-state index in [4.69, 9.17) is 5.73 Å². The van der Waals surface area contributed by atoms with Crippen molar-refractivity contribution in [3.8, 4) is 0 Å². The fourth-order valence-corrected chi connectivity index (χ4v) is 3.32. The van der Waals surface area contributed by atoms with E-state index in [1.54, 1.807) is 6.92 Å². The van der Waals surface area contributed by atoms with Crippen molar-refractivity contribution < 1.29 is 22.0 Å². The van der Waals surface area contributed by atoms with Gasteiger partial charge >= 0.3 is 0 Å². The average molecular weight is 392 g/mol. The molecule has 27 heavy (non-hydrogen) atoms. The molecule has 0 aliphatic rings. The number of amides is 1. The molecule has 0 unspecified atom stereocenters. The monoisotopic (exact) mass is 392 g/mol. The topological polar surface area (TPSA) is 115 Å². The Morgan fingerprint density at radius 3 is 2.52 bits per heavy atom. The molecule has 0 radical (unpaired) electrons. The molecule has 3 rings (SSSR count). The summed E-state index contributed by atoms with van der Waals surface area (Å²) in [6, 6.07) is 6.14. The van der Waals surface area contributed by atoms with E-state index >= 15 is 0 Å². The third-order valence-corrected chi connectivity index (χ3v) is 4.99. The first kappa shape index (κ1) is 18.6. The number of sulfone groups is 1. The highest BCUT2D eigenvalue weighted by Gasteiger charge is 2.21. The lowest BCUT2D eigenvalue weighted by Gasteiger charge is -2.14. The number of benzene rings is 2. The second kappa shape index (κ2) is 6.54. The van der Waals surface area contributed by atoms with Gasteiger partial charge in [0, 0.05) is 11.6 Å². The second-order valence-electron chi connectivity index (χ2n) is 5.92. The van der Waals surface area contributed by atoms with Crippen LogP contribution >= 0.6 is 0 Å². The second-order valence-corrected chi connectivity index (χ2v) is 7.94. The molecule has 0 fully saturated rings. The maximum atomic E-state index is 14.1. The Balaban J connectivity index is 2.36. The van der Waals surface area contributed by atoms with Gasteiger partial charge < -0.3 is 11.1 Å². The van der Waals surface area contributed by atoms with E-state index < -0.39 is 27.4 Å². The van der Waals surface area contributed by atoms with Crippen LogP contribution in [0, 0.1) is 18.6 Å². The van der Waals surface area contributed by atoms with Crippen molar-refractivity contribution in [3.05, 3.63) is 53.2 Å². The minimum absolute atomic E-state index is 0.0290. The Morgan fingerprint density at radius 2 is 1.89 bits per heavy atom. The fourth-order valence-electron chi connectivity index (χ4n) is 2.60. The Kier molecular flexibility index (Phi) is 4.52. The van der Waals surface area contributed by atoms with Crippen LogP contribution in [0.2, 0.25) is 0 Å². The summed E-state index contributed by atoms with van der Waals surface area (Å²) in [5.74, 6) is -3.24. The fraction of sp³-hybridized carbons (Fsp3) is 0.118. The molecule has 140 valence electrons. The van der Waals surface area contributed by atoms with Gasteiger partial charge in [-0.05, 0) is 36.8 Å². The Labute approximate surface area is 153 Å². The molecule has 3 N–H and O–H groups in total. The van der Waals surface area contributed by atoms with E-state index in [1.807, 2.05) is 0 Å². The van der Waals surface area contributed by atoms with Gasteiger partial charge in [-0.15, -0.1) is 10.2 Å². The number of anilines is 2. The molecule has 0 saturated heterocycles. The normalized spacial score (nSPS) is 11.6. The van der Waals surface area contributed by atoms with E-state index in [2.05, 4.69) is 15.5 Å². The summed E-state index contributed by atoms with van der Waals surface area (Å²) in [5.41, 5.74) is 5.41. The number of rotatable bonds is 4. The molecule has 0 atom stereocenters. The lowest BCUT2D eigenvalue weighted by atomic mass is 10.1. The van der Waals surface area contributed by atoms with Crippen LogP contribution in [0.1, 0.15) is 16.1 Å². The molecule has 10 heteroatoms. The number of fused-ring (bicyclic) bond motifs is 1. The third-order valence-electron chi connectivity index (χ3n) is 3.90. The van der Waals surface area contributed by atoms with Crippen LogP contribution in [0.3, 0.4) is 0 Å². The summed E-state index contributed by atoms with van der Waals surface area (Å²) in [7, 11) is -3.58. The molecule has 0 saturated carbocycles. The quantitative estimate of drug-likeness (QED) is 0.705. The molecule has 1 aromatic heterocycles. The summed E-state index contributed by atoms with van der Waals surface area (Å²) in [6.07, 6.45) is 1.02. The van der Waals surface area contributed by atoms with Gasteiger partial charge in [-0.25, -0.2) is 17.2 Å². The van der Waals surface area contributed by atoms with Gasteiger partial charge in [0.2, 0.25) is 0 Å². The zero-order valence-corrected chi connectivity index (χ0v) is 15.1. The first-order valence-electron chi connectivity index (χ1n) is 7.61. The number of hydrogen-bond donors (Lipinski definition) is 2. The maximum Gasteiger partial charge on any atom is 0.271 e. The van der Waals surface area contributed by atoms with E-state index in [1.165, 1.54) is 24.3 Å². The van der Waals surface area contributed by atoms with Gasteiger partial charge in [-0.2, -0.15) is 0 Å². The predicted molar refractivity (Wildman–Crippen MR) is 95.5 cm³/mol. The summed E-state index contributed by atoms with van der Waals surface area (Å²) in [4.78, 5) is 11.7. The largest absolute Gasteiger partial charge is 0.364 e. The van der Waals surface area contributed by atoms with Crippen molar-refractivity contribution in [2.45, 2.75) is 11.8 Å². The first-order valence-corrected chi connectivity index (χ1v) is 9.50. The molecular weight excluding hydrogens is 378 g/mol. The molecule has 0 bridgehead atoms. The van der Waals surface area contributed by atoms with Gasteiger partial charge in [-0.1, -0.05) is 6.07 Å². The van der Waals surface area contributed by atoms with Crippen LogP contribution in [0.15, 0.2) is 35.2 Å². The molecule has 3 aromatic rings. The maximum absolute atomic E-state index is 14.1. The van der Waals surface area contributed by atoms with Crippen LogP contribution < -0.4 is 11.1 Å². The van der Waals surface area contributed by atoms with Crippen LogP contribution in [-0.4, -0.2) is 30.8 Å². The van der Waals surface area contributed by atoms with Gasteiger partial charge in [0.1, 0.15) is 0 Å². The SMILES string of the molecule is Cc1cc(S(C)(=O)=O)cc2c(Nc3cccc(F)c3F)c(C(N)=O)nnc12. The first-order chi connectivity index (χ1) is 12.6. The number of primary amides is 1. The predicted octanol–water partition coefficient (Wildman–Crippen LogP) is 2.46. The third kappa shape index (κ3) is 3.43. The number of hydrogen-bond acceptors (Lipinski definition) is 6. The minimum Gasteiger partial charge on any atom is -0.364 e. The Hall–Kier alpha value is -3.14. The number of aromatic nitrogens is 2. The Morgan fingerprint density at radius 1 is 1.19 bits per heavy atom. The standard InChI is InChI=1S/C17H14F2N4O3S/c1-8-6-9(27(2,25)26)7-10-14(8)22-23-16(17(20)24)15(10)21-12-5-3-4-11(18)13(12)19/h3-7H,1-2H3,(H2,20,24)(H,21,22). The van der Waals surface area contributed by atoms with Gasteiger partial charge in [0.05, 0.1) is 21.8 Å². The van der Waals surface area contributed by atoms with Gasteiger partial charge in [0.25, 0.3) is 5.91 Å². The van der Waals surface area contributed by atoms with Crippen molar-refractivity contribution >= 4 is 38.0 Å². The zero-order valence-electron chi connectivity index (χ0n) is 14.2. The Bertz CT molecular complexity index is 1200. The van der Waals surface area contributed by atoms with Crippen molar-refractivity contribution in [2.24, 2.45) is 5.73 Å². The number of aryl methyl sites for hydroxylation is 1. The summed E-state index contributed by atoms with van der Waals surface area (Å²) in [6.45, 7) is 1.61. The number of carbonyl (C=O) groups is 1. The zero-order chi connectivity index (χ0) is 19.9. The summed E-state index contributed by atoms with van der Waals surface area (Å²) < 4.78 is 51.5. The number of nitrogens with one attached hydrogen (secondary N) is 1. The summed E-state index contributed by atoms with van der Waals surface area (Å²) in [5, 5.41) is 10.5. The smallest absolute Gasteiger partial charge is 0.271 e. The van der Waals surface area contributed by atoms with Crippen molar-refractivity contribution in [1.29, 1.82) is 0 Å². The molecule has 7 nitrogen and oxygen atoms in total. The number of halogens is 2. The lowest BCUT2D eigenvalue weighted by Crippen LogP contribution is -2.17. The highest BCUT2D eigenvalue weighted by atomic mass is 32.2. The molecule has 0 aliphatic carbocycles. The van der Waals surface area contributed by atoms with E-state index in [9.17, 15) is 22.0 Å². The average Bonchev–Trinajstić information content (AvgIpc) is 2.58. The molecule has 1 amide bonds. The van der Waals surface area contributed by atoms with E-state index in [0.29, 0.717) is 5.56 Å². The molecule has 2 aromatic carbocycles. The molecular formula is C17H14F2N4O3S. The molecule has 0 spiro atoms. The lowest BCUT2D eigenvalue weighted by molar-refractivity contribution is 0.0995. The van der Waals surface area contributed by atoms with Gasteiger partial charge in [0.15, 0.2) is 27.2 Å².